The van der Waals surface area contributed by atoms with E-state index in [4.69, 9.17) is 18.9 Å². The van der Waals surface area contributed by atoms with Gasteiger partial charge in [-0.15, -0.1) is 24.8 Å². The lowest BCUT2D eigenvalue weighted by Gasteiger charge is -2.36. The number of piperidine rings is 1. The summed E-state index contributed by atoms with van der Waals surface area (Å²) in [6.45, 7) is 2.82. The van der Waals surface area contributed by atoms with E-state index in [2.05, 4.69) is 33.4 Å². The molecule has 7 nitrogen and oxygen atoms in total. The number of methoxy groups -OCH3 is 4. The summed E-state index contributed by atoms with van der Waals surface area (Å²) in [6.07, 6.45) is 6.02. The number of nitrogens with one attached hydrogen (secondary N) is 1. The molecule has 3 aromatic rings. The Morgan fingerprint density at radius 1 is 0.806 bits per heavy atom. The van der Waals surface area contributed by atoms with E-state index in [9.17, 15) is 0 Å². The maximum absolute atomic E-state index is 5.54. The van der Waals surface area contributed by atoms with Crippen molar-refractivity contribution in [3.63, 3.8) is 0 Å². The molecule has 1 saturated heterocycles. The minimum Gasteiger partial charge on any atom is -0.497 e. The summed E-state index contributed by atoms with van der Waals surface area (Å²) in [6, 6.07) is 14.9. The zero-order valence-corrected chi connectivity index (χ0v) is 22.8. The van der Waals surface area contributed by atoms with Gasteiger partial charge in [0.25, 0.3) is 0 Å². The Bertz CT molecular complexity index is 1070. The van der Waals surface area contributed by atoms with Crippen molar-refractivity contribution in [1.29, 1.82) is 0 Å². The Kier molecular flexibility index (Phi) is 11.4. The van der Waals surface area contributed by atoms with E-state index in [1.807, 2.05) is 36.7 Å². The van der Waals surface area contributed by atoms with Crippen molar-refractivity contribution >= 4 is 30.5 Å². The van der Waals surface area contributed by atoms with E-state index in [0.29, 0.717) is 23.3 Å². The number of hydrogen-bond acceptors (Lipinski definition) is 7. The van der Waals surface area contributed by atoms with Gasteiger partial charge in [-0.3, -0.25) is 4.98 Å². The lowest BCUT2D eigenvalue weighted by Crippen LogP contribution is -2.43. The molecule has 0 atom stereocenters. The predicted molar refractivity (Wildman–Crippen MR) is 149 cm³/mol. The molecule has 0 unspecified atom stereocenters. The molecule has 0 spiro atoms. The van der Waals surface area contributed by atoms with Crippen LogP contribution in [0.5, 0.6) is 23.0 Å². The Hall–Kier alpha value is -2.87. The molecule has 0 bridgehead atoms. The summed E-state index contributed by atoms with van der Waals surface area (Å²) < 4.78 is 21.9. The molecule has 36 heavy (non-hydrogen) atoms. The summed E-state index contributed by atoms with van der Waals surface area (Å²) in [7, 11) is 6.56. The molecule has 2 heterocycles. The Balaban J connectivity index is 0.00000228. The largest absolute Gasteiger partial charge is 0.497 e. The zero-order valence-electron chi connectivity index (χ0n) is 21.2. The van der Waals surface area contributed by atoms with Gasteiger partial charge in [0, 0.05) is 36.2 Å². The van der Waals surface area contributed by atoms with E-state index in [1.54, 1.807) is 28.4 Å². The maximum Gasteiger partial charge on any atom is 0.203 e. The van der Waals surface area contributed by atoms with Crippen LogP contribution in [-0.2, 0) is 6.54 Å². The average molecular weight is 537 g/mol. The molecule has 1 aromatic heterocycles. The molecule has 0 radical (unpaired) electrons. The number of benzene rings is 2. The Labute approximate surface area is 225 Å². The second kappa shape index (κ2) is 14.0. The minimum absolute atomic E-state index is 0. The summed E-state index contributed by atoms with van der Waals surface area (Å²) >= 11 is 0. The predicted octanol–water partition coefficient (Wildman–Crippen LogP) is 5.39. The molecule has 1 fully saturated rings. The van der Waals surface area contributed by atoms with Crippen LogP contribution < -0.4 is 29.2 Å². The zero-order chi connectivity index (χ0) is 23.9. The average Bonchev–Trinajstić information content (AvgIpc) is 2.91. The van der Waals surface area contributed by atoms with Crippen LogP contribution in [0, 0.1) is 0 Å². The van der Waals surface area contributed by atoms with Crippen LogP contribution in [0.3, 0.4) is 0 Å². The quantitative estimate of drug-likeness (QED) is 0.394. The standard InChI is InChI=1S/C27H33N3O4.2ClH/c1-31-24-7-5-22(6-8-24)30(23-9-11-28-12-10-23)18-19-13-21(17-29-16-19)20-14-25(32-2)27(34-4)26(15-20)33-3;;/h5-8,13-17,23,28H,9-12,18H2,1-4H3;2*1H. The third kappa shape index (κ3) is 6.66. The van der Waals surface area contributed by atoms with Crippen LogP contribution in [-0.4, -0.2) is 52.6 Å². The monoisotopic (exact) mass is 535 g/mol. The lowest BCUT2D eigenvalue weighted by atomic mass is 10.0. The molecular weight excluding hydrogens is 501 g/mol. The summed E-state index contributed by atoms with van der Waals surface area (Å²) in [5, 5.41) is 3.47. The second-order valence-corrected chi connectivity index (χ2v) is 8.30. The van der Waals surface area contributed by atoms with Crippen molar-refractivity contribution in [3.8, 4) is 34.1 Å². The molecule has 9 heteroatoms. The number of pyridine rings is 1. The molecule has 2 aromatic carbocycles. The van der Waals surface area contributed by atoms with Crippen molar-refractivity contribution in [3.05, 3.63) is 60.4 Å². The number of halogens is 2. The first kappa shape index (κ1) is 29.4. The third-order valence-corrected chi connectivity index (χ3v) is 6.30. The second-order valence-electron chi connectivity index (χ2n) is 8.30. The van der Waals surface area contributed by atoms with Crippen LogP contribution in [0.15, 0.2) is 54.9 Å². The van der Waals surface area contributed by atoms with E-state index < -0.39 is 0 Å². The van der Waals surface area contributed by atoms with Gasteiger partial charge in [-0.2, -0.15) is 0 Å². The molecule has 196 valence electrons. The fourth-order valence-corrected chi connectivity index (χ4v) is 4.50. The number of ether oxygens (including phenoxy) is 4. The molecule has 1 aliphatic heterocycles. The molecule has 1 N–H and O–H groups in total. The highest BCUT2D eigenvalue weighted by Gasteiger charge is 2.22. The van der Waals surface area contributed by atoms with Crippen LogP contribution in [0.25, 0.3) is 11.1 Å². The van der Waals surface area contributed by atoms with Gasteiger partial charge in [0.2, 0.25) is 5.75 Å². The highest BCUT2D eigenvalue weighted by Crippen LogP contribution is 2.41. The van der Waals surface area contributed by atoms with Crippen molar-refractivity contribution in [2.24, 2.45) is 0 Å². The fourth-order valence-electron chi connectivity index (χ4n) is 4.50. The number of aromatic nitrogens is 1. The number of hydrogen-bond donors (Lipinski definition) is 1. The van der Waals surface area contributed by atoms with Crippen LogP contribution in [0.1, 0.15) is 18.4 Å². The smallest absolute Gasteiger partial charge is 0.203 e. The molecule has 0 amide bonds. The van der Waals surface area contributed by atoms with Gasteiger partial charge in [-0.1, -0.05) is 0 Å². The highest BCUT2D eigenvalue weighted by molar-refractivity contribution is 5.85. The van der Waals surface area contributed by atoms with E-state index in [1.165, 1.54) is 5.69 Å². The van der Waals surface area contributed by atoms with Crippen molar-refractivity contribution < 1.29 is 18.9 Å². The summed E-state index contributed by atoms with van der Waals surface area (Å²) in [5.41, 5.74) is 4.28. The first-order valence-corrected chi connectivity index (χ1v) is 11.5. The van der Waals surface area contributed by atoms with E-state index >= 15 is 0 Å². The van der Waals surface area contributed by atoms with Crippen molar-refractivity contribution in [2.45, 2.75) is 25.4 Å². The normalized spacial score (nSPS) is 13.1. The van der Waals surface area contributed by atoms with Gasteiger partial charge in [0.1, 0.15) is 5.75 Å². The van der Waals surface area contributed by atoms with Crippen LogP contribution in [0.4, 0.5) is 5.69 Å². The van der Waals surface area contributed by atoms with Gasteiger partial charge in [-0.05, 0) is 79.5 Å². The topological polar surface area (TPSA) is 65.1 Å². The minimum atomic E-state index is 0. The Morgan fingerprint density at radius 3 is 2.00 bits per heavy atom. The maximum atomic E-state index is 5.54. The van der Waals surface area contributed by atoms with Gasteiger partial charge in [-0.25, -0.2) is 0 Å². The molecule has 0 saturated carbocycles. The van der Waals surface area contributed by atoms with E-state index in [-0.39, 0.29) is 24.8 Å². The van der Waals surface area contributed by atoms with Gasteiger partial charge in [0.05, 0.1) is 28.4 Å². The van der Waals surface area contributed by atoms with Gasteiger partial charge in [0.15, 0.2) is 11.5 Å². The van der Waals surface area contributed by atoms with Crippen LogP contribution >= 0.6 is 24.8 Å². The highest BCUT2D eigenvalue weighted by atomic mass is 35.5. The number of rotatable bonds is 9. The summed E-state index contributed by atoms with van der Waals surface area (Å²) in [5.74, 6) is 2.68. The lowest BCUT2D eigenvalue weighted by molar-refractivity contribution is 0.324. The Morgan fingerprint density at radius 2 is 1.44 bits per heavy atom. The fraction of sp³-hybridized carbons (Fsp3) is 0.370. The molecule has 4 rings (SSSR count). The van der Waals surface area contributed by atoms with Crippen molar-refractivity contribution in [2.75, 3.05) is 46.4 Å². The molecule has 1 aliphatic rings. The summed E-state index contributed by atoms with van der Waals surface area (Å²) in [4.78, 5) is 7.04. The van der Waals surface area contributed by atoms with Gasteiger partial charge >= 0.3 is 0 Å². The number of anilines is 1. The molecule has 0 aliphatic carbocycles. The first-order chi connectivity index (χ1) is 16.7. The van der Waals surface area contributed by atoms with Crippen LogP contribution in [0.2, 0.25) is 0 Å². The molecular formula is C27H35Cl2N3O4. The number of nitrogens with zero attached hydrogens (tertiary/aromatic N) is 2. The SMILES string of the molecule is COc1ccc(N(Cc2cncc(-c3cc(OC)c(OC)c(OC)c3)c2)C2CCNCC2)cc1.Cl.Cl. The van der Waals surface area contributed by atoms with Crippen molar-refractivity contribution in [1.82, 2.24) is 10.3 Å². The van der Waals surface area contributed by atoms with Gasteiger partial charge < -0.3 is 29.2 Å². The third-order valence-electron chi connectivity index (χ3n) is 6.30. The van der Waals surface area contributed by atoms with E-state index in [0.717, 1.165) is 54.9 Å². The first-order valence-electron chi connectivity index (χ1n) is 11.5.